The van der Waals surface area contributed by atoms with Crippen molar-refractivity contribution >= 4 is 0 Å². The van der Waals surface area contributed by atoms with Gasteiger partial charge in [-0.2, -0.15) is 0 Å². The molecular weight excluding hydrogens is 259 g/mol. The number of ether oxygens (including phenoxy) is 1. The summed E-state index contributed by atoms with van der Waals surface area (Å²) >= 11 is 0. The van der Waals surface area contributed by atoms with Crippen LogP contribution in [0.3, 0.4) is 0 Å². The minimum absolute atomic E-state index is 0.106. The summed E-state index contributed by atoms with van der Waals surface area (Å²) in [6, 6.07) is 1.03. The van der Waals surface area contributed by atoms with Gasteiger partial charge in [-0.1, -0.05) is 0 Å². The van der Waals surface area contributed by atoms with Crippen molar-refractivity contribution in [3.8, 4) is 0 Å². The van der Waals surface area contributed by atoms with Crippen molar-refractivity contribution in [1.82, 2.24) is 5.32 Å². The number of hydrogen-bond acceptors (Lipinski definition) is 3. The highest BCUT2D eigenvalue weighted by atomic mass is 19.2. The Labute approximate surface area is 108 Å². The predicted molar refractivity (Wildman–Crippen MR) is 61.0 cm³/mol. The fourth-order valence-corrected chi connectivity index (χ4v) is 3.02. The number of morpholine rings is 1. The van der Waals surface area contributed by atoms with Gasteiger partial charge in [0.25, 0.3) is 0 Å². The van der Waals surface area contributed by atoms with Gasteiger partial charge in [-0.25, -0.2) is 13.2 Å². The van der Waals surface area contributed by atoms with E-state index in [-0.39, 0.29) is 30.5 Å². The lowest BCUT2D eigenvalue weighted by molar-refractivity contribution is -0.0819. The lowest BCUT2D eigenvalue weighted by Gasteiger charge is -2.45. The van der Waals surface area contributed by atoms with Crippen molar-refractivity contribution < 1.29 is 23.0 Å². The molecule has 0 aliphatic carbocycles. The molecule has 0 radical (unpaired) electrons. The van der Waals surface area contributed by atoms with Crippen molar-refractivity contribution in [2.45, 2.75) is 30.5 Å². The fourth-order valence-electron chi connectivity index (χ4n) is 3.02. The largest absolute Gasteiger partial charge is 0.385 e. The maximum atomic E-state index is 13.8. The molecular formula is C13H14F3NO2. The summed E-state index contributed by atoms with van der Waals surface area (Å²) in [6.45, 7) is 0.841. The zero-order valence-electron chi connectivity index (χ0n) is 10.1. The van der Waals surface area contributed by atoms with Gasteiger partial charge < -0.3 is 15.2 Å². The monoisotopic (exact) mass is 273 g/mol. The molecule has 0 amide bonds. The first-order valence-corrected chi connectivity index (χ1v) is 6.19. The van der Waals surface area contributed by atoms with Gasteiger partial charge >= 0.3 is 0 Å². The normalized spacial score (nSPS) is 34.3. The first-order chi connectivity index (χ1) is 8.98. The Morgan fingerprint density at radius 1 is 1.05 bits per heavy atom. The van der Waals surface area contributed by atoms with E-state index in [0.29, 0.717) is 19.3 Å². The van der Waals surface area contributed by atoms with Gasteiger partial charge in [0.05, 0.1) is 18.8 Å². The van der Waals surface area contributed by atoms with E-state index in [2.05, 4.69) is 5.32 Å². The van der Waals surface area contributed by atoms with E-state index >= 15 is 0 Å². The minimum atomic E-state index is -1.48. The van der Waals surface area contributed by atoms with Gasteiger partial charge in [0.2, 0.25) is 0 Å². The molecule has 3 rings (SSSR count). The molecule has 1 aromatic carbocycles. The summed E-state index contributed by atoms with van der Waals surface area (Å²) < 4.78 is 45.4. The van der Waals surface area contributed by atoms with Gasteiger partial charge in [-0.3, -0.25) is 0 Å². The van der Waals surface area contributed by atoms with Crippen LogP contribution in [0.25, 0.3) is 0 Å². The van der Waals surface area contributed by atoms with E-state index in [1.54, 1.807) is 0 Å². The molecule has 2 saturated heterocycles. The SMILES string of the molecule is OC1(c2cc(F)c(F)cc2F)CC2COCC(C1)N2. The quantitative estimate of drug-likeness (QED) is 0.761. The van der Waals surface area contributed by atoms with Crippen molar-refractivity contribution in [3.05, 3.63) is 35.1 Å². The van der Waals surface area contributed by atoms with Crippen LogP contribution in [-0.4, -0.2) is 30.4 Å². The molecule has 2 N–H and O–H groups in total. The average molecular weight is 273 g/mol. The van der Waals surface area contributed by atoms with Crippen molar-refractivity contribution in [3.63, 3.8) is 0 Å². The number of piperidine rings is 1. The Hall–Kier alpha value is -1.11. The van der Waals surface area contributed by atoms with Crippen LogP contribution < -0.4 is 5.32 Å². The van der Waals surface area contributed by atoms with Crippen LogP contribution in [0.5, 0.6) is 0 Å². The van der Waals surface area contributed by atoms with Gasteiger partial charge in [-0.15, -0.1) is 0 Å². The van der Waals surface area contributed by atoms with Crippen LogP contribution >= 0.6 is 0 Å². The second-order valence-electron chi connectivity index (χ2n) is 5.28. The molecule has 2 unspecified atom stereocenters. The average Bonchev–Trinajstić information content (AvgIpc) is 2.33. The number of nitrogens with one attached hydrogen (secondary N) is 1. The topological polar surface area (TPSA) is 41.5 Å². The Morgan fingerprint density at radius 3 is 2.26 bits per heavy atom. The molecule has 3 nitrogen and oxygen atoms in total. The van der Waals surface area contributed by atoms with Crippen LogP contribution in [0.4, 0.5) is 13.2 Å². The number of fused-ring (bicyclic) bond motifs is 2. The smallest absolute Gasteiger partial charge is 0.161 e. The van der Waals surface area contributed by atoms with E-state index in [1.807, 2.05) is 0 Å². The zero-order valence-corrected chi connectivity index (χ0v) is 10.1. The number of hydrogen-bond donors (Lipinski definition) is 2. The molecule has 6 heteroatoms. The van der Waals surface area contributed by atoms with Gasteiger partial charge in [0.1, 0.15) is 5.82 Å². The van der Waals surface area contributed by atoms with E-state index in [0.717, 1.165) is 6.07 Å². The molecule has 2 aliphatic rings. The summed E-state index contributed by atoms with van der Waals surface area (Å²) in [5.74, 6) is -3.31. The minimum Gasteiger partial charge on any atom is -0.385 e. The summed E-state index contributed by atoms with van der Waals surface area (Å²) in [7, 11) is 0. The van der Waals surface area contributed by atoms with Crippen molar-refractivity contribution in [2.75, 3.05) is 13.2 Å². The Kier molecular flexibility index (Phi) is 3.03. The highest BCUT2D eigenvalue weighted by Crippen LogP contribution is 2.38. The van der Waals surface area contributed by atoms with Crippen LogP contribution in [0.2, 0.25) is 0 Å². The third-order valence-corrected chi connectivity index (χ3v) is 3.79. The number of rotatable bonds is 1. The lowest BCUT2D eigenvalue weighted by atomic mass is 9.78. The maximum Gasteiger partial charge on any atom is 0.161 e. The van der Waals surface area contributed by atoms with Crippen LogP contribution in [0.1, 0.15) is 18.4 Å². The van der Waals surface area contributed by atoms with E-state index in [1.165, 1.54) is 0 Å². The van der Waals surface area contributed by atoms with E-state index < -0.39 is 23.1 Å². The van der Waals surface area contributed by atoms with Gasteiger partial charge in [0.15, 0.2) is 11.6 Å². The molecule has 2 heterocycles. The molecule has 1 aromatic rings. The third-order valence-electron chi connectivity index (χ3n) is 3.79. The van der Waals surface area contributed by atoms with Crippen LogP contribution in [0.15, 0.2) is 12.1 Å². The molecule has 104 valence electrons. The third kappa shape index (κ3) is 2.24. The first kappa shape index (κ1) is 12.9. The standard InChI is InChI=1S/C13H14F3NO2/c14-10-2-12(16)11(15)1-9(10)13(18)3-7-5-19-6-8(4-13)17-7/h1-2,7-8,17-18H,3-6H2. The zero-order chi connectivity index (χ0) is 13.6. The van der Waals surface area contributed by atoms with E-state index in [9.17, 15) is 18.3 Å². The summed E-state index contributed by atoms with van der Waals surface area (Å²) in [6.07, 6.45) is 0.428. The molecule has 19 heavy (non-hydrogen) atoms. The van der Waals surface area contributed by atoms with Gasteiger partial charge in [0, 0.05) is 23.7 Å². The Balaban J connectivity index is 1.98. The molecule has 2 aliphatic heterocycles. The summed E-state index contributed by atoms with van der Waals surface area (Å²) in [5.41, 5.74) is -1.66. The molecule has 0 saturated carbocycles. The number of aliphatic hydroxyl groups is 1. The molecule has 2 bridgehead atoms. The highest BCUT2D eigenvalue weighted by Gasteiger charge is 2.44. The summed E-state index contributed by atoms with van der Waals surface area (Å²) in [5, 5.41) is 13.9. The maximum absolute atomic E-state index is 13.8. The fraction of sp³-hybridized carbons (Fsp3) is 0.538. The summed E-state index contributed by atoms with van der Waals surface area (Å²) in [4.78, 5) is 0. The highest BCUT2D eigenvalue weighted by molar-refractivity contribution is 5.28. The second kappa shape index (κ2) is 4.47. The molecule has 0 aromatic heterocycles. The lowest BCUT2D eigenvalue weighted by Crippen LogP contribution is -2.58. The number of halogens is 3. The molecule has 2 atom stereocenters. The molecule has 2 fully saturated rings. The van der Waals surface area contributed by atoms with Gasteiger partial charge in [-0.05, 0) is 18.9 Å². The Morgan fingerprint density at radius 2 is 1.63 bits per heavy atom. The Bertz CT molecular complexity index is 497. The van der Waals surface area contributed by atoms with Crippen molar-refractivity contribution in [1.29, 1.82) is 0 Å². The van der Waals surface area contributed by atoms with Crippen molar-refractivity contribution in [2.24, 2.45) is 0 Å². The van der Waals surface area contributed by atoms with Crippen LogP contribution in [0, 0.1) is 17.5 Å². The first-order valence-electron chi connectivity index (χ1n) is 6.19. The second-order valence-corrected chi connectivity index (χ2v) is 5.28. The van der Waals surface area contributed by atoms with Crippen LogP contribution in [-0.2, 0) is 10.3 Å². The van der Waals surface area contributed by atoms with E-state index in [4.69, 9.17) is 4.74 Å². The number of benzene rings is 1. The molecule has 0 spiro atoms. The predicted octanol–water partition coefficient (Wildman–Crippen LogP) is 1.44.